The number of nitrogens with one attached hydrogen (secondary N) is 2. The van der Waals surface area contributed by atoms with Crippen molar-refractivity contribution in [2.75, 3.05) is 0 Å². The van der Waals surface area contributed by atoms with Gasteiger partial charge in [-0.15, -0.1) is 45.3 Å². The minimum Gasteiger partial charge on any atom is -0.469 e. The van der Waals surface area contributed by atoms with E-state index in [0.717, 1.165) is 46.1 Å². The van der Waals surface area contributed by atoms with Gasteiger partial charge in [0.05, 0.1) is 57.5 Å². The van der Waals surface area contributed by atoms with E-state index in [1.54, 1.807) is 65.2 Å². The molecule has 10 rings (SSSR count). The van der Waals surface area contributed by atoms with E-state index in [0.29, 0.717) is 59.2 Å². The van der Waals surface area contributed by atoms with Crippen molar-refractivity contribution >= 4 is 45.3 Å². The minimum absolute atomic E-state index is 0.407. The zero-order valence-electron chi connectivity index (χ0n) is 68.9. The highest BCUT2D eigenvalue weighted by Crippen LogP contribution is 2.20. The second-order valence-corrected chi connectivity index (χ2v) is 25.1. The number of hydrogen-bond acceptors (Lipinski definition) is 18. The van der Waals surface area contributed by atoms with Gasteiger partial charge in [-0.1, -0.05) is 255 Å². The molecule has 0 bridgehead atoms. The van der Waals surface area contributed by atoms with Gasteiger partial charge in [0, 0.05) is 62.5 Å². The Hall–Kier alpha value is -6.22. The van der Waals surface area contributed by atoms with Crippen LogP contribution in [0.25, 0.3) is 0 Å². The standard InChI is InChI=1S/C7H10O.C7H10S.2C6H11N3.3C6H9NO.3C6H9NS.8C2H6/c2*1-6(2)7-4-3-5-8-7;1-4(2)6-7-5(3)8-9-6;1-4(2)6-5(3)7-9-8-6;1-5(2)6-3-8-4-7-6;1-5(2)6-3-7-4-8-6;1-5(2)6-7-3-4-8-6;1-5(2)6-3-8-4-7-6;1-5(2)6-3-7-4-8-6;1-5(2)6-7-3-4-8-6;8*1-2/h2*3-6H,1-2H3;2*4H,1-3H3,(H,7,8,9);6*3-5H,1-2H3;8*1-2H3. The summed E-state index contributed by atoms with van der Waals surface area (Å²) >= 11 is 6.93. The Morgan fingerprint density at radius 2 is 1.00 bits per heavy atom. The molecule has 0 saturated carbocycles. The summed E-state index contributed by atoms with van der Waals surface area (Å²) in [5, 5.41) is 24.7. The number of hydrogen-bond donors (Lipinski definition) is 2. The van der Waals surface area contributed by atoms with Crippen LogP contribution < -0.4 is 0 Å². The highest BCUT2D eigenvalue weighted by Gasteiger charge is 2.07. The summed E-state index contributed by atoms with van der Waals surface area (Å²) in [6.07, 6.45) is 15.1. The number of aromatic amines is 2. The zero-order chi connectivity index (χ0) is 77.6. The number of nitrogens with zero attached hydrogens (tertiary/aromatic N) is 10. The third kappa shape index (κ3) is 59.8. The van der Waals surface area contributed by atoms with Crippen molar-refractivity contribution in [2.24, 2.45) is 0 Å². The molecule has 0 fully saturated rings. The van der Waals surface area contributed by atoms with Crippen molar-refractivity contribution in [1.29, 1.82) is 0 Å². The number of thiazole rings is 3. The maximum absolute atomic E-state index is 5.09. The molecule has 0 saturated heterocycles. The van der Waals surface area contributed by atoms with E-state index in [2.05, 4.69) is 208 Å². The molecule has 98 heavy (non-hydrogen) atoms. The van der Waals surface area contributed by atoms with Crippen LogP contribution in [0.2, 0.25) is 0 Å². The summed E-state index contributed by atoms with van der Waals surface area (Å²) in [5.74, 6) is 9.89. The van der Waals surface area contributed by atoms with Crippen LogP contribution in [0.3, 0.4) is 0 Å². The third-order valence-electron chi connectivity index (χ3n) is 10.7. The largest absolute Gasteiger partial charge is 0.469 e. The number of furan rings is 1. The van der Waals surface area contributed by atoms with Gasteiger partial charge in [0.2, 0.25) is 0 Å². The lowest BCUT2D eigenvalue weighted by atomic mass is 10.1. The molecule has 0 aliphatic carbocycles. The van der Waals surface area contributed by atoms with Gasteiger partial charge in [0.1, 0.15) is 29.9 Å². The van der Waals surface area contributed by atoms with E-state index in [4.69, 9.17) is 17.7 Å². The van der Waals surface area contributed by atoms with Crippen LogP contribution in [0.15, 0.2) is 125 Å². The maximum Gasteiger partial charge on any atom is 0.196 e. The molecule has 0 atom stereocenters. The van der Waals surface area contributed by atoms with E-state index in [9.17, 15) is 0 Å². The molecule has 0 unspecified atom stereocenters. The molecule has 20 heteroatoms. The SMILES string of the molecule is CC.CC.CC.CC.CC.CC.CC.CC.CC(C)c1ccco1.CC(C)c1cccs1.CC(C)c1cnco1.CC(C)c1cncs1.CC(C)c1cocn1.CC(C)c1cscn1.CC(C)c1ncco1.CC(C)c1nccs1.Cc1n[nH]nc1C(C)C.Cc1nc(C(C)C)n[nH]1. The maximum atomic E-state index is 5.09. The number of oxazole rings is 3. The van der Waals surface area contributed by atoms with Crippen molar-refractivity contribution < 1.29 is 17.7 Å². The van der Waals surface area contributed by atoms with Gasteiger partial charge in [-0.25, -0.2) is 29.9 Å². The van der Waals surface area contributed by atoms with E-state index in [-0.39, 0.29) is 0 Å². The first kappa shape index (κ1) is 108. The fourth-order valence-electron chi connectivity index (χ4n) is 5.77. The van der Waals surface area contributed by atoms with Crippen molar-refractivity contribution in [3.8, 4) is 0 Å². The zero-order valence-corrected chi connectivity index (χ0v) is 72.2. The summed E-state index contributed by atoms with van der Waals surface area (Å²) < 4.78 is 19.8. The highest BCUT2D eigenvalue weighted by molar-refractivity contribution is 7.10. The Kier molecular flexibility index (Phi) is 84.2. The summed E-state index contributed by atoms with van der Waals surface area (Å²) in [6, 6.07) is 8.18. The Morgan fingerprint density at radius 3 is 1.20 bits per heavy atom. The predicted molar refractivity (Wildman–Crippen MR) is 433 cm³/mol. The van der Waals surface area contributed by atoms with E-state index >= 15 is 0 Å². The monoisotopic (exact) mass is 1440 g/mol. The smallest absolute Gasteiger partial charge is 0.196 e. The molecule has 0 aliphatic heterocycles. The van der Waals surface area contributed by atoms with Gasteiger partial charge in [-0.3, -0.25) is 10.1 Å². The molecule has 0 amide bonds. The van der Waals surface area contributed by atoms with E-state index in [1.807, 2.05) is 191 Å². The Labute approximate surface area is 616 Å². The Morgan fingerprint density at radius 1 is 0.418 bits per heavy atom. The van der Waals surface area contributed by atoms with Gasteiger partial charge in [0.15, 0.2) is 24.5 Å². The summed E-state index contributed by atoms with van der Waals surface area (Å²) in [7, 11) is 0. The topological polar surface area (TPSA) is 213 Å². The van der Waals surface area contributed by atoms with E-state index in [1.165, 1.54) is 33.2 Å². The quantitative estimate of drug-likeness (QED) is 0.130. The minimum atomic E-state index is 0.407. The van der Waals surface area contributed by atoms with Crippen LogP contribution in [0.4, 0.5) is 0 Å². The van der Waals surface area contributed by atoms with Crippen LogP contribution in [0, 0.1) is 13.8 Å². The summed E-state index contributed by atoms with van der Waals surface area (Å²) in [5.41, 5.74) is 8.03. The van der Waals surface area contributed by atoms with Crippen molar-refractivity contribution in [2.45, 2.75) is 322 Å². The van der Waals surface area contributed by atoms with E-state index < -0.39 is 0 Å². The first-order valence-electron chi connectivity index (χ1n) is 36.0. The summed E-state index contributed by atoms with van der Waals surface area (Å²) in [6.45, 7) is 78.2. The first-order valence-corrected chi connectivity index (χ1v) is 39.6. The first-order chi connectivity index (χ1) is 46.8. The second-order valence-electron chi connectivity index (χ2n) is 21.5. The van der Waals surface area contributed by atoms with Crippen LogP contribution in [0.1, 0.15) is 375 Å². The highest BCUT2D eigenvalue weighted by atomic mass is 32.1. The number of aryl methyl sites for hydroxylation is 2. The van der Waals surface area contributed by atoms with Gasteiger partial charge >= 0.3 is 0 Å². The molecule has 10 heterocycles. The number of rotatable bonds is 10. The van der Waals surface area contributed by atoms with Gasteiger partial charge < -0.3 is 17.7 Å². The molecule has 0 spiro atoms. The van der Waals surface area contributed by atoms with Gasteiger partial charge in [0.25, 0.3) is 0 Å². The lowest BCUT2D eigenvalue weighted by Gasteiger charge is -1.96. The van der Waals surface area contributed by atoms with Crippen molar-refractivity contribution in [3.05, 3.63) is 174 Å². The fourth-order valence-corrected chi connectivity index (χ4v) is 8.52. The van der Waals surface area contributed by atoms with Crippen molar-refractivity contribution in [1.82, 2.24) is 60.5 Å². The molecular formula is C78H144N12O4S4. The molecule has 0 radical (unpaired) electrons. The number of thiophene rings is 1. The lowest BCUT2D eigenvalue weighted by Crippen LogP contribution is -1.89. The Bertz CT molecular complexity index is 2390. The van der Waals surface area contributed by atoms with Crippen LogP contribution in [0.5, 0.6) is 0 Å². The third-order valence-corrected chi connectivity index (χ3v) is 14.6. The molecule has 564 valence electrons. The van der Waals surface area contributed by atoms with Crippen LogP contribution in [-0.4, -0.2) is 60.5 Å². The fraction of sp³-hybridized carbons (Fsp3) is 0.615. The molecule has 2 N–H and O–H groups in total. The second kappa shape index (κ2) is 76.5. The van der Waals surface area contributed by atoms with Crippen LogP contribution in [-0.2, 0) is 0 Å². The molecule has 0 aromatic carbocycles. The summed E-state index contributed by atoms with van der Waals surface area (Å²) in [4.78, 5) is 30.9. The number of H-pyrrole nitrogens is 2. The Balaban J connectivity index is -0.000000150. The average molecular weight is 1440 g/mol. The molecule has 10 aromatic rings. The molecular weight excluding hydrogens is 1300 g/mol. The normalized spacial score (nSPS) is 9.22. The van der Waals surface area contributed by atoms with Gasteiger partial charge in [-0.2, -0.15) is 20.5 Å². The predicted octanol–water partition coefficient (Wildman–Crippen LogP) is 28.2. The lowest BCUT2D eigenvalue weighted by molar-refractivity contribution is 0.471. The molecule has 0 aliphatic rings. The average Bonchev–Trinajstić information content (AvgIpc) is 1.89. The van der Waals surface area contributed by atoms with Crippen LogP contribution >= 0.6 is 45.3 Å². The van der Waals surface area contributed by atoms with Crippen molar-refractivity contribution in [3.63, 3.8) is 0 Å². The number of aromatic nitrogens is 12. The molecule has 10 aromatic heterocycles. The molecule has 16 nitrogen and oxygen atoms in total. The van der Waals surface area contributed by atoms with Gasteiger partial charge in [-0.05, 0) is 67.0 Å².